The van der Waals surface area contributed by atoms with Gasteiger partial charge in [-0.25, -0.2) is 9.79 Å². The van der Waals surface area contributed by atoms with Crippen molar-refractivity contribution < 1.29 is 14.3 Å². The second-order valence-corrected chi connectivity index (χ2v) is 10.5. The number of carbonyl (C=O) groups excluding carboxylic acids is 1. The van der Waals surface area contributed by atoms with Gasteiger partial charge < -0.3 is 30.7 Å². The molecule has 1 heterocycles. The van der Waals surface area contributed by atoms with Gasteiger partial charge in [0, 0.05) is 36.6 Å². The van der Waals surface area contributed by atoms with Crippen LogP contribution in [-0.4, -0.2) is 69.9 Å². The fourth-order valence-corrected chi connectivity index (χ4v) is 5.76. The molecule has 0 radical (unpaired) electrons. The minimum absolute atomic E-state index is 0.0260. The highest BCUT2D eigenvalue weighted by atomic mass is 35.5. The third-order valence-corrected chi connectivity index (χ3v) is 7.57. The molecule has 3 rings (SSSR count). The van der Waals surface area contributed by atoms with Crippen LogP contribution in [0.2, 0.25) is 5.02 Å². The van der Waals surface area contributed by atoms with Gasteiger partial charge in [0.15, 0.2) is 0 Å². The van der Waals surface area contributed by atoms with E-state index in [0.717, 1.165) is 37.9 Å². The van der Waals surface area contributed by atoms with E-state index in [1.165, 1.54) is 39.2 Å². The Morgan fingerprint density at radius 1 is 1.25 bits per heavy atom. The summed E-state index contributed by atoms with van der Waals surface area (Å²) in [6, 6.07) is 8.10. The lowest BCUT2D eigenvalue weighted by atomic mass is 9.85. The second kappa shape index (κ2) is 15.3. The predicted octanol–water partition coefficient (Wildman–Crippen LogP) is 4.34. The highest BCUT2D eigenvalue weighted by molar-refractivity contribution is 6.30. The van der Waals surface area contributed by atoms with Crippen LogP contribution in [0.4, 0.5) is 4.79 Å². The number of amides is 2. The minimum atomic E-state index is -0.186. The zero-order valence-electron chi connectivity index (χ0n) is 21.9. The average Bonchev–Trinajstić information content (AvgIpc) is 2.89. The van der Waals surface area contributed by atoms with Gasteiger partial charge in [-0.1, -0.05) is 55.8 Å². The maximum atomic E-state index is 13.3. The fraction of sp³-hybridized carbons (Fsp3) is 0.704. The largest absolute Gasteiger partial charge is 0.469 e. The van der Waals surface area contributed by atoms with E-state index < -0.39 is 0 Å². The lowest BCUT2D eigenvalue weighted by Gasteiger charge is -2.38. The van der Waals surface area contributed by atoms with E-state index in [1.807, 2.05) is 36.2 Å². The van der Waals surface area contributed by atoms with E-state index in [2.05, 4.69) is 15.6 Å². The first-order chi connectivity index (χ1) is 17.5. The lowest BCUT2D eigenvalue weighted by molar-refractivity contribution is -0.00660. The van der Waals surface area contributed by atoms with Gasteiger partial charge in [0.2, 0.25) is 0 Å². The van der Waals surface area contributed by atoms with Crippen molar-refractivity contribution in [3.8, 4) is 0 Å². The van der Waals surface area contributed by atoms with Gasteiger partial charge in [-0.15, -0.1) is 0 Å². The third-order valence-electron chi connectivity index (χ3n) is 7.34. The number of urea groups is 1. The van der Waals surface area contributed by atoms with Gasteiger partial charge in [-0.2, -0.15) is 0 Å². The van der Waals surface area contributed by atoms with Crippen LogP contribution in [0.15, 0.2) is 29.3 Å². The molecule has 2 fully saturated rings. The van der Waals surface area contributed by atoms with Crippen molar-refractivity contribution in [1.29, 1.82) is 0 Å². The second-order valence-electron chi connectivity index (χ2n) is 10.1. The molecule has 1 aliphatic heterocycles. The molecule has 1 aliphatic carbocycles. The molecule has 0 bridgehead atoms. The summed E-state index contributed by atoms with van der Waals surface area (Å²) >= 11 is 6.30. The summed E-state index contributed by atoms with van der Waals surface area (Å²) in [6.07, 6.45) is 9.30. The Morgan fingerprint density at radius 3 is 2.78 bits per heavy atom. The molecule has 1 aromatic carbocycles. The van der Waals surface area contributed by atoms with Gasteiger partial charge in [-0.05, 0) is 49.9 Å². The van der Waals surface area contributed by atoms with Crippen LogP contribution < -0.4 is 16.4 Å². The third kappa shape index (κ3) is 9.12. The van der Waals surface area contributed by atoms with E-state index in [1.54, 1.807) is 0 Å². The Morgan fingerprint density at radius 2 is 2.06 bits per heavy atom. The number of halogens is 1. The number of likely N-dealkylation sites (tertiary alicyclic amines) is 1. The smallest absolute Gasteiger partial charge is 0.317 e. The van der Waals surface area contributed by atoms with Crippen LogP contribution in [0, 0.1) is 11.8 Å². The maximum Gasteiger partial charge on any atom is 0.317 e. The van der Waals surface area contributed by atoms with E-state index in [9.17, 15) is 4.79 Å². The minimum Gasteiger partial charge on any atom is -0.469 e. The monoisotopic (exact) mass is 521 g/mol. The number of amidine groups is 1. The molecule has 36 heavy (non-hydrogen) atoms. The molecule has 4 N–H and O–H groups in total. The molecular formula is C27H44ClN5O3. The molecule has 0 spiro atoms. The van der Waals surface area contributed by atoms with Crippen LogP contribution in [0.5, 0.6) is 0 Å². The molecule has 0 unspecified atom stereocenters. The summed E-state index contributed by atoms with van der Waals surface area (Å²) in [5.41, 5.74) is 6.65. The maximum absolute atomic E-state index is 13.3. The van der Waals surface area contributed by atoms with Gasteiger partial charge in [0.1, 0.15) is 0 Å². The molecule has 8 nitrogen and oxygen atoms in total. The molecule has 1 aromatic rings. The Balaban J connectivity index is 1.63. The summed E-state index contributed by atoms with van der Waals surface area (Å²) in [7, 11) is 3.45. The van der Waals surface area contributed by atoms with Crippen LogP contribution in [0.1, 0.15) is 63.0 Å². The SMILES string of the molecule is CNC[C@H](CC1CCCCC1)NC(=O)N1CCC[C@@H]([C@@H](OCCN=C(N)OC)c2cccc(Cl)c2)C1. The number of rotatable bonds is 11. The van der Waals surface area contributed by atoms with Crippen LogP contribution >= 0.6 is 11.6 Å². The van der Waals surface area contributed by atoms with Gasteiger partial charge in [0.05, 0.1) is 26.4 Å². The first-order valence-electron chi connectivity index (χ1n) is 13.4. The molecule has 1 saturated carbocycles. The summed E-state index contributed by atoms with van der Waals surface area (Å²) in [5, 5.41) is 7.27. The van der Waals surface area contributed by atoms with E-state index in [4.69, 9.17) is 26.8 Å². The van der Waals surface area contributed by atoms with E-state index in [0.29, 0.717) is 30.6 Å². The molecular weight excluding hydrogens is 478 g/mol. The zero-order valence-corrected chi connectivity index (χ0v) is 22.6. The standard InChI is InChI=1S/C27H44ClN5O3/c1-30-18-24(16-20-8-4-3-5-9-20)32-27(34)33-14-7-11-22(19-33)25(21-10-6-12-23(28)17-21)36-15-13-31-26(29)35-2/h6,10,12,17,20,22,24-25,30H,3-5,7-9,11,13-16,18-19H2,1-2H3,(H2,29,31)(H,32,34)/t22-,24+,25+/m1/s1. The normalized spacial score (nSPS) is 21.1. The number of benzene rings is 1. The zero-order chi connectivity index (χ0) is 25.8. The first-order valence-corrected chi connectivity index (χ1v) is 13.8. The van der Waals surface area contributed by atoms with Gasteiger partial charge in [0.25, 0.3) is 6.02 Å². The fourth-order valence-electron chi connectivity index (χ4n) is 5.56. The first kappa shape index (κ1) is 28.5. The average molecular weight is 522 g/mol. The Hall–Kier alpha value is -2.03. The number of aliphatic imine (C=N–C) groups is 1. The summed E-state index contributed by atoms with van der Waals surface area (Å²) < 4.78 is 11.2. The Bertz CT molecular complexity index is 833. The molecule has 9 heteroatoms. The van der Waals surface area contributed by atoms with Crippen molar-refractivity contribution in [1.82, 2.24) is 15.5 Å². The number of nitrogens with one attached hydrogen (secondary N) is 2. The molecule has 3 atom stereocenters. The van der Waals surface area contributed by atoms with Crippen molar-refractivity contribution in [2.24, 2.45) is 22.6 Å². The topological polar surface area (TPSA) is 101 Å². The van der Waals surface area contributed by atoms with Crippen molar-refractivity contribution in [2.75, 3.05) is 46.9 Å². The highest BCUT2D eigenvalue weighted by Gasteiger charge is 2.32. The lowest BCUT2D eigenvalue weighted by Crippen LogP contribution is -2.52. The van der Waals surface area contributed by atoms with Crippen molar-refractivity contribution in [3.63, 3.8) is 0 Å². The molecule has 202 valence electrons. The predicted molar refractivity (Wildman–Crippen MR) is 145 cm³/mol. The van der Waals surface area contributed by atoms with Crippen molar-refractivity contribution in [3.05, 3.63) is 34.9 Å². The highest BCUT2D eigenvalue weighted by Crippen LogP contribution is 2.34. The van der Waals surface area contributed by atoms with Gasteiger partial charge >= 0.3 is 6.03 Å². The molecule has 1 saturated heterocycles. The number of hydrogen-bond donors (Lipinski definition) is 3. The number of nitrogens with two attached hydrogens (primary N) is 1. The number of carbonyl (C=O) groups is 1. The quantitative estimate of drug-likeness (QED) is 0.228. The summed E-state index contributed by atoms with van der Waals surface area (Å²) in [6.45, 7) is 2.99. The van der Waals surface area contributed by atoms with Crippen molar-refractivity contribution >= 4 is 23.7 Å². The molecule has 2 amide bonds. The van der Waals surface area contributed by atoms with Crippen LogP contribution in [-0.2, 0) is 9.47 Å². The number of ether oxygens (including phenoxy) is 2. The summed E-state index contributed by atoms with van der Waals surface area (Å²) in [4.78, 5) is 19.4. The number of piperidine rings is 1. The Labute approximate surface area is 221 Å². The Kier molecular flexibility index (Phi) is 12.1. The van der Waals surface area contributed by atoms with Crippen LogP contribution in [0.25, 0.3) is 0 Å². The molecule has 2 aliphatic rings. The number of hydrogen-bond acceptors (Lipinski definition) is 5. The molecule has 0 aromatic heterocycles. The van der Waals surface area contributed by atoms with E-state index in [-0.39, 0.29) is 30.1 Å². The number of likely N-dealkylation sites (N-methyl/N-ethyl adjacent to an activating group) is 1. The van der Waals surface area contributed by atoms with Crippen LogP contribution in [0.3, 0.4) is 0 Å². The van der Waals surface area contributed by atoms with Crippen molar-refractivity contribution in [2.45, 2.75) is 63.5 Å². The van der Waals surface area contributed by atoms with Gasteiger partial charge in [-0.3, -0.25) is 0 Å². The van der Waals surface area contributed by atoms with E-state index >= 15 is 0 Å². The summed E-state index contributed by atoms with van der Waals surface area (Å²) in [5.74, 6) is 0.870. The number of nitrogens with zero attached hydrogens (tertiary/aromatic N) is 2. The number of methoxy groups -OCH3 is 1.